The highest BCUT2D eigenvalue weighted by Gasteiger charge is 2.33. The maximum absolute atomic E-state index is 13.7. The zero-order valence-electron chi connectivity index (χ0n) is 20.9. The SMILES string of the molecule is COc1ccc(CNc2cc(C(F)(F)F)cc(Cl)c2-n2cc3c(=O)[nH]c(N4CCOCC4)nc3n2)c(OC)c1. The van der Waals surface area contributed by atoms with Crippen LogP contribution in [0, 0.1) is 0 Å². The second kappa shape index (κ2) is 10.7. The fourth-order valence-electron chi connectivity index (χ4n) is 4.26. The van der Waals surface area contributed by atoms with E-state index in [-0.39, 0.29) is 34.0 Å². The number of fused-ring (bicyclic) bond motifs is 1. The number of alkyl halides is 3. The molecule has 1 aliphatic rings. The first kappa shape index (κ1) is 26.6. The summed E-state index contributed by atoms with van der Waals surface area (Å²) >= 11 is 6.40. The van der Waals surface area contributed by atoms with Crippen molar-refractivity contribution >= 4 is 34.3 Å². The number of nitrogens with zero attached hydrogens (tertiary/aromatic N) is 4. The van der Waals surface area contributed by atoms with Crippen molar-refractivity contribution in [2.45, 2.75) is 12.7 Å². The van der Waals surface area contributed by atoms with Gasteiger partial charge in [-0.25, -0.2) is 4.68 Å². The van der Waals surface area contributed by atoms with Crippen molar-refractivity contribution in [2.75, 3.05) is 50.7 Å². The van der Waals surface area contributed by atoms with Gasteiger partial charge < -0.3 is 24.4 Å². The van der Waals surface area contributed by atoms with E-state index in [9.17, 15) is 18.0 Å². The van der Waals surface area contributed by atoms with Crippen LogP contribution in [-0.2, 0) is 17.5 Å². The van der Waals surface area contributed by atoms with Gasteiger partial charge in [-0.1, -0.05) is 11.6 Å². The van der Waals surface area contributed by atoms with E-state index in [4.69, 9.17) is 25.8 Å². The predicted molar refractivity (Wildman–Crippen MR) is 139 cm³/mol. The third-order valence-corrected chi connectivity index (χ3v) is 6.56. The van der Waals surface area contributed by atoms with Crippen LogP contribution >= 0.6 is 11.6 Å². The molecule has 0 spiro atoms. The van der Waals surface area contributed by atoms with Gasteiger partial charge in [-0.3, -0.25) is 9.78 Å². The number of morpholine rings is 1. The van der Waals surface area contributed by atoms with Crippen LogP contribution in [0.5, 0.6) is 11.5 Å². The average Bonchev–Trinajstić information content (AvgIpc) is 3.35. The summed E-state index contributed by atoms with van der Waals surface area (Å²) in [6, 6.07) is 6.88. The molecule has 0 bridgehead atoms. The molecule has 1 saturated heterocycles. The number of hydrogen-bond acceptors (Lipinski definition) is 8. The van der Waals surface area contributed by atoms with Gasteiger partial charge in [-0.15, -0.1) is 5.10 Å². The molecule has 1 aliphatic heterocycles. The standard InChI is InChI=1S/C25H24ClF3N6O4/c1-37-16-4-3-14(20(11-16)38-2)12-30-19-10-15(25(27,28)29)9-18(26)21(19)35-13-17-22(33-35)31-24(32-23(17)36)34-5-7-39-8-6-34/h3-4,9-11,13,30H,5-8,12H2,1-2H3,(H,31,32,33,36). The van der Waals surface area contributed by atoms with Gasteiger partial charge in [0, 0.05) is 37.5 Å². The third kappa shape index (κ3) is 5.45. The smallest absolute Gasteiger partial charge is 0.416 e. The predicted octanol–water partition coefficient (Wildman–Crippen LogP) is 4.25. The molecule has 0 unspecified atom stereocenters. The Kier molecular flexibility index (Phi) is 7.28. The van der Waals surface area contributed by atoms with Crippen LogP contribution in [0.25, 0.3) is 16.7 Å². The molecule has 14 heteroatoms. The lowest BCUT2D eigenvalue weighted by atomic mass is 10.1. The fraction of sp³-hybridized carbons (Fsp3) is 0.320. The average molecular weight is 565 g/mol. The lowest BCUT2D eigenvalue weighted by Crippen LogP contribution is -2.38. The minimum absolute atomic E-state index is 0.0466. The molecule has 2 aromatic carbocycles. The first-order valence-electron chi connectivity index (χ1n) is 11.9. The zero-order valence-corrected chi connectivity index (χ0v) is 21.7. The summed E-state index contributed by atoms with van der Waals surface area (Å²) in [5.74, 6) is 1.39. The number of halogens is 4. The molecule has 2 aromatic heterocycles. The number of methoxy groups -OCH3 is 2. The molecule has 0 amide bonds. The summed E-state index contributed by atoms with van der Waals surface area (Å²) in [6.45, 7) is 2.17. The van der Waals surface area contributed by atoms with Crippen molar-refractivity contribution in [1.82, 2.24) is 19.7 Å². The Morgan fingerprint density at radius 2 is 1.92 bits per heavy atom. The van der Waals surface area contributed by atoms with Crippen LogP contribution in [-0.4, -0.2) is 60.3 Å². The summed E-state index contributed by atoms with van der Waals surface area (Å²) in [5.41, 5.74) is -0.417. The quantitative estimate of drug-likeness (QED) is 0.343. The fourth-order valence-corrected chi connectivity index (χ4v) is 4.57. The van der Waals surface area contributed by atoms with Gasteiger partial charge in [0.05, 0.1) is 43.7 Å². The molecule has 206 valence electrons. The number of hydrogen-bond donors (Lipinski definition) is 2. The molecule has 0 aliphatic carbocycles. The van der Waals surface area contributed by atoms with Crippen LogP contribution in [0.1, 0.15) is 11.1 Å². The van der Waals surface area contributed by atoms with E-state index < -0.39 is 17.3 Å². The van der Waals surface area contributed by atoms with Crippen LogP contribution < -0.4 is 25.2 Å². The Morgan fingerprint density at radius 3 is 2.62 bits per heavy atom. The minimum Gasteiger partial charge on any atom is -0.497 e. The number of H-pyrrole nitrogens is 1. The molecule has 5 rings (SSSR count). The molecule has 0 saturated carbocycles. The van der Waals surface area contributed by atoms with E-state index >= 15 is 0 Å². The summed E-state index contributed by atoms with van der Waals surface area (Å²) in [6.07, 6.45) is -3.26. The van der Waals surface area contributed by atoms with Crippen molar-refractivity contribution in [1.29, 1.82) is 0 Å². The summed E-state index contributed by atoms with van der Waals surface area (Å²) < 4.78 is 58.2. The van der Waals surface area contributed by atoms with E-state index in [1.165, 1.54) is 25.1 Å². The summed E-state index contributed by atoms with van der Waals surface area (Å²) in [4.78, 5) is 21.9. The van der Waals surface area contributed by atoms with Gasteiger partial charge in [0.15, 0.2) is 5.65 Å². The summed E-state index contributed by atoms with van der Waals surface area (Å²) in [7, 11) is 3.00. The van der Waals surface area contributed by atoms with Gasteiger partial charge >= 0.3 is 6.18 Å². The molecule has 1 fully saturated rings. The van der Waals surface area contributed by atoms with Crippen molar-refractivity contribution in [2.24, 2.45) is 0 Å². The van der Waals surface area contributed by atoms with Crippen molar-refractivity contribution < 1.29 is 27.4 Å². The van der Waals surface area contributed by atoms with Gasteiger partial charge in [0.2, 0.25) is 5.95 Å². The van der Waals surface area contributed by atoms with Crippen molar-refractivity contribution in [3.05, 3.63) is 63.0 Å². The second-order valence-corrected chi connectivity index (χ2v) is 9.09. The number of nitrogens with one attached hydrogen (secondary N) is 2. The van der Waals surface area contributed by atoms with Gasteiger partial charge in [-0.05, 0) is 24.3 Å². The number of ether oxygens (including phenoxy) is 3. The molecule has 3 heterocycles. The first-order chi connectivity index (χ1) is 18.7. The van der Waals surface area contributed by atoms with Crippen LogP contribution in [0.15, 0.2) is 41.3 Å². The Bertz CT molecular complexity index is 1570. The summed E-state index contributed by atoms with van der Waals surface area (Å²) in [5, 5.41) is 7.37. The van der Waals surface area contributed by atoms with Crippen LogP contribution in [0.3, 0.4) is 0 Å². The maximum atomic E-state index is 13.7. The molecular weight excluding hydrogens is 541 g/mol. The number of benzene rings is 2. The highest BCUT2D eigenvalue weighted by molar-refractivity contribution is 6.33. The Morgan fingerprint density at radius 1 is 1.15 bits per heavy atom. The lowest BCUT2D eigenvalue weighted by Gasteiger charge is -2.26. The van der Waals surface area contributed by atoms with E-state index in [1.54, 1.807) is 18.2 Å². The van der Waals surface area contributed by atoms with E-state index in [0.29, 0.717) is 49.3 Å². The molecule has 0 radical (unpaired) electrons. The maximum Gasteiger partial charge on any atom is 0.416 e. The van der Waals surface area contributed by atoms with E-state index in [0.717, 1.165) is 12.1 Å². The normalized spacial score (nSPS) is 14.1. The third-order valence-electron chi connectivity index (χ3n) is 6.27. The first-order valence-corrected chi connectivity index (χ1v) is 12.2. The van der Waals surface area contributed by atoms with E-state index in [1.807, 2.05) is 4.90 Å². The number of aromatic nitrogens is 4. The minimum atomic E-state index is -4.64. The number of anilines is 2. The molecule has 0 atom stereocenters. The number of aromatic amines is 1. The second-order valence-electron chi connectivity index (χ2n) is 8.68. The molecule has 2 N–H and O–H groups in total. The Labute approximate surface area is 225 Å². The van der Waals surface area contributed by atoms with Crippen LogP contribution in [0.4, 0.5) is 24.8 Å². The topological polar surface area (TPSA) is 107 Å². The van der Waals surface area contributed by atoms with Crippen molar-refractivity contribution in [3.63, 3.8) is 0 Å². The largest absolute Gasteiger partial charge is 0.497 e. The lowest BCUT2D eigenvalue weighted by molar-refractivity contribution is -0.137. The molecule has 39 heavy (non-hydrogen) atoms. The van der Waals surface area contributed by atoms with Gasteiger partial charge in [0.25, 0.3) is 5.56 Å². The number of rotatable bonds is 7. The van der Waals surface area contributed by atoms with Gasteiger partial charge in [-0.2, -0.15) is 18.2 Å². The molecule has 4 aromatic rings. The zero-order chi connectivity index (χ0) is 27.7. The Hall–Kier alpha value is -3.97. The molecular formula is C25H24ClF3N6O4. The molecule has 10 nitrogen and oxygen atoms in total. The van der Waals surface area contributed by atoms with Gasteiger partial charge in [0.1, 0.15) is 22.6 Å². The highest BCUT2D eigenvalue weighted by Crippen LogP contribution is 2.38. The van der Waals surface area contributed by atoms with E-state index in [2.05, 4.69) is 20.4 Å². The van der Waals surface area contributed by atoms with Crippen LogP contribution in [0.2, 0.25) is 5.02 Å². The van der Waals surface area contributed by atoms with Crippen molar-refractivity contribution in [3.8, 4) is 17.2 Å². The Balaban J connectivity index is 1.57. The monoisotopic (exact) mass is 564 g/mol. The highest BCUT2D eigenvalue weighted by atomic mass is 35.5.